The number of nitrogens with zero attached hydrogens (tertiary/aromatic N) is 1. The van der Waals surface area contributed by atoms with E-state index in [9.17, 15) is 0 Å². The molecule has 16 heavy (non-hydrogen) atoms. The molecule has 2 aromatic heterocycles. The number of nitrogens with one attached hydrogen (secondary N) is 2. The van der Waals surface area contributed by atoms with Gasteiger partial charge >= 0.3 is 0 Å². The lowest BCUT2D eigenvalue weighted by Crippen LogP contribution is -2.28. The van der Waals surface area contributed by atoms with Crippen molar-refractivity contribution in [1.82, 2.24) is 15.5 Å². The molecule has 84 valence electrons. The van der Waals surface area contributed by atoms with Crippen LogP contribution in [0.2, 0.25) is 0 Å². The summed E-state index contributed by atoms with van der Waals surface area (Å²) in [6.45, 7) is 2.22. The fraction of sp³-hybridized carbons (Fsp3) is 0.417. The summed E-state index contributed by atoms with van der Waals surface area (Å²) >= 11 is 1.78. The molecule has 0 amide bonds. The first-order valence-electron chi connectivity index (χ1n) is 5.73. The van der Waals surface area contributed by atoms with Crippen LogP contribution in [0.5, 0.6) is 0 Å². The molecule has 1 atom stereocenters. The van der Waals surface area contributed by atoms with Crippen LogP contribution >= 0.6 is 11.3 Å². The van der Waals surface area contributed by atoms with Crippen LogP contribution in [0.25, 0.3) is 10.4 Å². The van der Waals surface area contributed by atoms with Crippen molar-refractivity contribution in [2.45, 2.75) is 18.8 Å². The van der Waals surface area contributed by atoms with Gasteiger partial charge in [0.25, 0.3) is 0 Å². The maximum Gasteiger partial charge on any atom is 0.0577 e. The van der Waals surface area contributed by atoms with E-state index in [1.54, 1.807) is 11.3 Å². The van der Waals surface area contributed by atoms with Crippen LogP contribution in [-0.4, -0.2) is 23.3 Å². The molecule has 2 aromatic rings. The molecule has 0 spiro atoms. The molecule has 3 heterocycles. The number of aromatic nitrogens is 2. The lowest BCUT2D eigenvalue weighted by molar-refractivity contribution is 0.455. The predicted octanol–water partition coefficient (Wildman–Crippen LogP) is 2.61. The Balaban J connectivity index is 1.92. The second-order valence-corrected chi connectivity index (χ2v) is 5.17. The molecule has 0 aromatic carbocycles. The van der Waals surface area contributed by atoms with Crippen molar-refractivity contribution >= 4 is 11.3 Å². The average molecular weight is 233 g/mol. The Kier molecular flexibility index (Phi) is 2.76. The first-order chi connectivity index (χ1) is 7.95. The zero-order valence-corrected chi connectivity index (χ0v) is 9.89. The van der Waals surface area contributed by atoms with Gasteiger partial charge in [0.1, 0.15) is 0 Å². The van der Waals surface area contributed by atoms with E-state index in [1.807, 2.05) is 6.20 Å². The minimum absolute atomic E-state index is 0.591. The highest BCUT2D eigenvalue weighted by molar-refractivity contribution is 7.13. The quantitative estimate of drug-likeness (QED) is 0.837. The normalized spacial score (nSPS) is 21.1. The minimum Gasteiger partial charge on any atom is -0.316 e. The molecule has 1 saturated heterocycles. The predicted molar refractivity (Wildman–Crippen MR) is 66.7 cm³/mol. The number of hydrogen-bond acceptors (Lipinski definition) is 3. The van der Waals surface area contributed by atoms with Crippen LogP contribution in [0.3, 0.4) is 0 Å². The molecular formula is C12H15N3S. The third-order valence-corrected chi connectivity index (χ3v) is 4.06. The Hall–Kier alpha value is -1.13. The minimum atomic E-state index is 0.591. The Morgan fingerprint density at radius 3 is 3.19 bits per heavy atom. The monoisotopic (exact) mass is 233 g/mol. The standard InChI is InChI=1S/C12H15N3S/c1-3-9(7-13-5-1)12-10(8-14-15-12)11-4-2-6-16-11/h2,4,6,8-9,13H,1,3,5,7H2,(H,14,15). The molecule has 0 saturated carbocycles. The molecule has 4 heteroatoms. The van der Waals surface area contributed by atoms with Crippen molar-refractivity contribution in [3.05, 3.63) is 29.4 Å². The van der Waals surface area contributed by atoms with Crippen LogP contribution in [0.4, 0.5) is 0 Å². The van der Waals surface area contributed by atoms with Crippen molar-refractivity contribution in [3.8, 4) is 10.4 Å². The Bertz CT molecular complexity index is 441. The highest BCUT2D eigenvalue weighted by atomic mass is 32.1. The molecular weight excluding hydrogens is 218 g/mol. The maximum absolute atomic E-state index is 4.21. The van der Waals surface area contributed by atoms with E-state index in [1.165, 1.54) is 29.0 Å². The molecule has 1 fully saturated rings. The van der Waals surface area contributed by atoms with Crippen molar-refractivity contribution in [2.24, 2.45) is 0 Å². The summed E-state index contributed by atoms with van der Waals surface area (Å²) in [7, 11) is 0. The summed E-state index contributed by atoms with van der Waals surface area (Å²) < 4.78 is 0. The third-order valence-electron chi connectivity index (χ3n) is 3.16. The Morgan fingerprint density at radius 1 is 1.44 bits per heavy atom. The van der Waals surface area contributed by atoms with E-state index in [4.69, 9.17) is 0 Å². The van der Waals surface area contributed by atoms with Crippen molar-refractivity contribution < 1.29 is 0 Å². The van der Waals surface area contributed by atoms with Crippen molar-refractivity contribution in [3.63, 3.8) is 0 Å². The highest BCUT2D eigenvalue weighted by Crippen LogP contribution is 2.33. The van der Waals surface area contributed by atoms with E-state index >= 15 is 0 Å². The van der Waals surface area contributed by atoms with Gasteiger partial charge in [0.2, 0.25) is 0 Å². The largest absolute Gasteiger partial charge is 0.316 e. The van der Waals surface area contributed by atoms with Gasteiger partial charge in [-0.3, -0.25) is 5.10 Å². The fourth-order valence-corrected chi connectivity index (χ4v) is 3.08. The lowest BCUT2D eigenvalue weighted by Gasteiger charge is -2.22. The summed E-state index contributed by atoms with van der Waals surface area (Å²) in [4.78, 5) is 1.31. The zero-order valence-electron chi connectivity index (χ0n) is 9.07. The molecule has 0 radical (unpaired) electrons. The molecule has 2 N–H and O–H groups in total. The zero-order chi connectivity index (χ0) is 10.8. The van der Waals surface area contributed by atoms with Crippen LogP contribution in [0, 0.1) is 0 Å². The maximum atomic E-state index is 4.21. The molecule has 0 bridgehead atoms. The van der Waals surface area contributed by atoms with Gasteiger partial charge in [0, 0.05) is 28.6 Å². The van der Waals surface area contributed by atoms with E-state index in [2.05, 4.69) is 33.0 Å². The highest BCUT2D eigenvalue weighted by Gasteiger charge is 2.20. The molecule has 3 nitrogen and oxygen atoms in total. The number of rotatable bonds is 2. The van der Waals surface area contributed by atoms with Crippen LogP contribution in [0.15, 0.2) is 23.7 Å². The van der Waals surface area contributed by atoms with E-state index < -0.39 is 0 Å². The molecule has 1 aliphatic rings. The number of H-pyrrole nitrogens is 1. The average Bonchev–Trinajstić information content (AvgIpc) is 3.01. The number of piperidine rings is 1. The SMILES string of the molecule is c1csc(-c2cn[nH]c2C2CCCNC2)c1. The molecule has 1 unspecified atom stereocenters. The smallest absolute Gasteiger partial charge is 0.0577 e. The van der Waals surface area contributed by atoms with Crippen molar-refractivity contribution in [2.75, 3.05) is 13.1 Å². The first-order valence-corrected chi connectivity index (χ1v) is 6.61. The second-order valence-electron chi connectivity index (χ2n) is 4.22. The molecule has 1 aliphatic heterocycles. The summed E-state index contributed by atoms with van der Waals surface area (Å²) in [6.07, 6.45) is 4.47. The lowest BCUT2D eigenvalue weighted by atomic mass is 9.93. The van der Waals surface area contributed by atoms with Gasteiger partial charge in [-0.15, -0.1) is 11.3 Å². The topological polar surface area (TPSA) is 40.7 Å². The van der Waals surface area contributed by atoms with E-state index in [0.717, 1.165) is 13.1 Å². The Morgan fingerprint density at radius 2 is 2.44 bits per heavy atom. The van der Waals surface area contributed by atoms with Crippen LogP contribution in [-0.2, 0) is 0 Å². The number of hydrogen-bond donors (Lipinski definition) is 2. The summed E-state index contributed by atoms with van der Waals surface area (Å²) in [5.74, 6) is 0.591. The molecule has 3 rings (SSSR count). The van der Waals surface area contributed by atoms with Gasteiger partial charge in [0.15, 0.2) is 0 Å². The summed E-state index contributed by atoms with van der Waals surface area (Å²) in [6, 6.07) is 4.26. The summed E-state index contributed by atoms with van der Waals surface area (Å²) in [5.41, 5.74) is 2.58. The second kappa shape index (κ2) is 4.39. The van der Waals surface area contributed by atoms with Gasteiger partial charge < -0.3 is 5.32 Å². The van der Waals surface area contributed by atoms with Crippen LogP contribution in [0.1, 0.15) is 24.5 Å². The third kappa shape index (κ3) is 1.79. The van der Waals surface area contributed by atoms with Gasteiger partial charge in [-0.1, -0.05) is 6.07 Å². The van der Waals surface area contributed by atoms with Gasteiger partial charge in [0.05, 0.1) is 6.20 Å². The fourth-order valence-electron chi connectivity index (χ4n) is 2.33. The number of aromatic amines is 1. The number of thiophene rings is 1. The van der Waals surface area contributed by atoms with Crippen molar-refractivity contribution in [1.29, 1.82) is 0 Å². The van der Waals surface area contributed by atoms with E-state index in [-0.39, 0.29) is 0 Å². The van der Waals surface area contributed by atoms with E-state index in [0.29, 0.717) is 5.92 Å². The van der Waals surface area contributed by atoms with Gasteiger partial charge in [-0.05, 0) is 30.8 Å². The van der Waals surface area contributed by atoms with Gasteiger partial charge in [-0.2, -0.15) is 5.10 Å². The first kappa shape index (κ1) is 10.1. The Labute approximate surface area is 98.9 Å². The molecule has 0 aliphatic carbocycles. The summed E-state index contributed by atoms with van der Waals surface area (Å²) in [5, 5.41) is 13.0. The van der Waals surface area contributed by atoms with Gasteiger partial charge in [-0.25, -0.2) is 0 Å². The van der Waals surface area contributed by atoms with Crippen LogP contribution < -0.4 is 5.32 Å².